The summed E-state index contributed by atoms with van der Waals surface area (Å²) >= 11 is 0. The van der Waals surface area contributed by atoms with E-state index in [1.807, 2.05) is 17.0 Å². The molecule has 0 spiro atoms. The lowest BCUT2D eigenvalue weighted by molar-refractivity contribution is 0.0767. The largest absolute Gasteiger partial charge is 0.493 e. The van der Waals surface area contributed by atoms with Crippen LogP contribution in [0.2, 0.25) is 0 Å². The number of hydrogen-bond donors (Lipinski definition) is 1. The summed E-state index contributed by atoms with van der Waals surface area (Å²) in [6.45, 7) is 3.48. The van der Waals surface area contributed by atoms with Crippen LogP contribution in [0.5, 0.6) is 17.2 Å². The van der Waals surface area contributed by atoms with Gasteiger partial charge in [0.1, 0.15) is 5.69 Å². The quantitative estimate of drug-likeness (QED) is 0.605. The maximum atomic E-state index is 13.2. The van der Waals surface area contributed by atoms with Crippen LogP contribution < -0.4 is 14.2 Å². The first kappa shape index (κ1) is 22.3. The minimum absolute atomic E-state index is 0.0221. The predicted octanol–water partition coefficient (Wildman–Crippen LogP) is 3.38. The van der Waals surface area contributed by atoms with E-state index in [-0.39, 0.29) is 5.91 Å². The molecule has 1 atom stereocenters. The molecule has 5 rings (SSSR count). The Labute approximate surface area is 199 Å². The minimum atomic E-state index is -0.0221. The first-order valence-corrected chi connectivity index (χ1v) is 11.6. The van der Waals surface area contributed by atoms with Crippen LogP contribution in [0.4, 0.5) is 0 Å². The second-order valence-electron chi connectivity index (χ2n) is 8.76. The number of aromatic nitrogens is 2. The van der Waals surface area contributed by atoms with Crippen molar-refractivity contribution in [3.8, 4) is 28.5 Å². The van der Waals surface area contributed by atoms with E-state index in [4.69, 9.17) is 14.2 Å². The molecule has 3 heterocycles. The Kier molecular flexibility index (Phi) is 6.15. The Morgan fingerprint density at radius 3 is 2.44 bits per heavy atom. The molecule has 1 aromatic heterocycles. The lowest BCUT2D eigenvalue weighted by atomic mass is 9.98. The van der Waals surface area contributed by atoms with Gasteiger partial charge in [0.15, 0.2) is 11.5 Å². The van der Waals surface area contributed by atoms with Gasteiger partial charge in [0, 0.05) is 37.8 Å². The van der Waals surface area contributed by atoms with E-state index in [1.54, 1.807) is 27.4 Å². The molecule has 1 N–H and O–H groups in total. The summed E-state index contributed by atoms with van der Waals surface area (Å²) in [5.74, 6) is 1.58. The van der Waals surface area contributed by atoms with Crippen molar-refractivity contribution in [2.75, 3.05) is 41.0 Å². The zero-order valence-electron chi connectivity index (χ0n) is 19.8. The Morgan fingerprint density at radius 1 is 1.00 bits per heavy atom. The number of ether oxygens (including phenoxy) is 3. The Morgan fingerprint density at radius 2 is 1.74 bits per heavy atom. The van der Waals surface area contributed by atoms with E-state index in [2.05, 4.69) is 39.4 Å². The van der Waals surface area contributed by atoms with Gasteiger partial charge < -0.3 is 19.1 Å². The van der Waals surface area contributed by atoms with Crippen molar-refractivity contribution in [1.29, 1.82) is 0 Å². The number of nitrogens with zero attached hydrogens (tertiary/aromatic N) is 3. The second kappa shape index (κ2) is 9.38. The fourth-order valence-electron chi connectivity index (χ4n) is 5.03. The van der Waals surface area contributed by atoms with E-state index in [0.29, 0.717) is 34.7 Å². The van der Waals surface area contributed by atoms with Gasteiger partial charge in [0.05, 0.1) is 27.0 Å². The topological polar surface area (TPSA) is 79.9 Å². The van der Waals surface area contributed by atoms with E-state index in [1.165, 1.54) is 11.1 Å². The number of aromatic amines is 1. The summed E-state index contributed by atoms with van der Waals surface area (Å²) in [6, 6.07) is 14.5. The SMILES string of the molecule is COc1cc(-c2cc(C(=O)N3CCC(N4CCc5ccccc5C4)C3)[nH]n2)cc(OC)c1OC. The molecule has 1 amide bonds. The molecular formula is C26H30N4O4. The van der Waals surface area contributed by atoms with E-state index in [9.17, 15) is 4.79 Å². The molecule has 8 heteroatoms. The molecule has 34 heavy (non-hydrogen) atoms. The maximum Gasteiger partial charge on any atom is 0.271 e. The number of amides is 1. The second-order valence-corrected chi connectivity index (χ2v) is 8.76. The monoisotopic (exact) mass is 462 g/mol. The van der Waals surface area contributed by atoms with Crippen molar-refractivity contribution in [2.45, 2.75) is 25.4 Å². The molecule has 8 nitrogen and oxygen atoms in total. The molecule has 0 saturated carbocycles. The third-order valence-corrected chi connectivity index (χ3v) is 6.90. The number of methoxy groups -OCH3 is 3. The highest BCUT2D eigenvalue weighted by Crippen LogP contribution is 2.41. The predicted molar refractivity (Wildman–Crippen MR) is 129 cm³/mol. The van der Waals surface area contributed by atoms with E-state index in [0.717, 1.165) is 44.6 Å². The molecule has 2 aliphatic heterocycles. The number of benzene rings is 2. The Balaban J connectivity index is 1.29. The highest BCUT2D eigenvalue weighted by atomic mass is 16.5. The van der Waals surface area contributed by atoms with E-state index < -0.39 is 0 Å². The number of carbonyl (C=O) groups is 1. The number of nitrogens with one attached hydrogen (secondary N) is 1. The molecule has 1 saturated heterocycles. The van der Waals surface area contributed by atoms with Crippen molar-refractivity contribution < 1.29 is 19.0 Å². The first-order valence-electron chi connectivity index (χ1n) is 11.6. The third kappa shape index (κ3) is 4.09. The standard InChI is InChI=1S/C26H30N4O4/c1-32-23-12-19(13-24(33-2)25(23)34-3)21-14-22(28-27-21)26(31)30-11-9-20(16-30)29-10-8-17-6-4-5-7-18(17)15-29/h4-7,12-14,20H,8-11,15-16H2,1-3H3,(H,27,28). The van der Waals surface area contributed by atoms with Crippen molar-refractivity contribution in [3.05, 3.63) is 59.3 Å². The summed E-state index contributed by atoms with van der Waals surface area (Å²) in [7, 11) is 4.72. The summed E-state index contributed by atoms with van der Waals surface area (Å²) < 4.78 is 16.3. The van der Waals surface area contributed by atoms with Gasteiger partial charge in [-0.1, -0.05) is 24.3 Å². The molecule has 2 aromatic carbocycles. The first-order chi connectivity index (χ1) is 16.6. The maximum absolute atomic E-state index is 13.2. The highest BCUT2D eigenvalue weighted by molar-refractivity contribution is 5.93. The molecule has 2 aliphatic rings. The zero-order chi connectivity index (χ0) is 23.7. The molecule has 0 bridgehead atoms. The van der Waals surface area contributed by atoms with Crippen LogP contribution in [0.3, 0.4) is 0 Å². The average Bonchev–Trinajstić information content (AvgIpc) is 3.58. The zero-order valence-corrected chi connectivity index (χ0v) is 19.8. The molecule has 178 valence electrons. The van der Waals surface area contributed by atoms with Crippen LogP contribution in [0.25, 0.3) is 11.3 Å². The smallest absolute Gasteiger partial charge is 0.271 e. The number of likely N-dealkylation sites (tertiary alicyclic amines) is 1. The van der Waals surface area contributed by atoms with Crippen molar-refractivity contribution >= 4 is 5.91 Å². The van der Waals surface area contributed by atoms with Crippen LogP contribution in [0.1, 0.15) is 28.0 Å². The van der Waals surface area contributed by atoms with Crippen LogP contribution in [0.15, 0.2) is 42.5 Å². The van der Waals surface area contributed by atoms with Gasteiger partial charge in [-0.05, 0) is 42.2 Å². The molecular weight excluding hydrogens is 432 g/mol. The summed E-state index contributed by atoms with van der Waals surface area (Å²) in [5, 5.41) is 7.31. The number of rotatable bonds is 6. The van der Waals surface area contributed by atoms with Crippen LogP contribution in [0, 0.1) is 0 Å². The van der Waals surface area contributed by atoms with E-state index >= 15 is 0 Å². The van der Waals surface area contributed by atoms with Crippen molar-refractivity contribution in [2.24, 2.45) is 0 Å². The van der Waals surface area contributed by atoms with Gasteiger partial charge in [0.2, 0.25) is 5.75 Å². The van der Waals surface area contributed by atoms with Gasteiger partial charge >= 0.3 is 0 Å². The minimum Gasteiger partial charge on any atom is -0.493 e. The third-order valence-electron chi connectivity index (χ3n) is 6.90. The fraction of sp³-hybridized carbons (Fsp3) is 0.385. The molecule has 1 fully saturated rings. The van der Waals surface area contributed by atoms with Crippen molar-refractivity contribution in [1.82, 2.24) is 20.0 Å². The molecule has 0 aliphatic carbocycles. The van der Waals surface area contributed by atoms with Crippen LogP contribution in [-0.4, -0.2) is 72.9 Å². The fourth-order valence-corrected chi connectivity index (χ4v) is 5.03. The lowest BCUT2D eigenvalue weighted by Crippen LogP contribution is -2.41. The van der Waals surface area contributed by atoms with Crippen molar-refractivity contribution in [3.63, 3.8) is 0 Å². The summed E-state index contributed by atoms with van der Waals surface area (Å²) in [5.41, 5.74) is 4.75. The van der Waals surface area contributed by atoms with Gasteiger partial charge in [-0.25, -0.2) is 0 Å². The number of carbonyl (C=O) groups excluding carboxylic acids is 1. The summed E-state index contributed by atoms with van der Waals surface area (Å²) in [4.78, 5) is 17.7. The van der Waals surface area contributed by atoms with Gasteiger partial charge in [0.25, 0.3) is 5.91 Å². The lowest BCUT2D eigenvalue weighted by Gasteiger charge is -2.33. The number of hydrogen-bond acceptors (Lipinski definition) is 6. The number of H-pyrrole nitrogens is 1. The Bertz CT molecular complexity index is 1170. The number of fused-ring (bicyclic) bond motifs is 1. The normalized spacial score (nSPS) is 18.0. The van der Waals surface area contributed by atoms with Gasteiger partial charge in [-0.3, -0.25) is 14.8 Å². The van der Waals surface area contributed by atoms with Crippen LogP contribution >= 0.6 is 0 Å². The molecule has 3 aromatic rings. The highest BCUT2D eigenvalue weighted by Gasteiger charge is 2.33. The molecule has 1 unspecified atom stereocenters. The van der Waals surface area contributed by atoms with Crippen LogP contribution in [-0.2, 0) is 13.0 Å². The average molecular weight is 463 g/mol. The van der Waals surface area contributed by atoms with Gasteiger partial charge in [-0.2, -0.15) is 5.10 Å². The summed E-state index contributed by atoms with van der Waals surface area (Å²) in [6.07, 6.45) is 2.06. The van der Waals surface area contributed by atoms with Gasteiger partial charge in [-0.15, -0.1) is 0 Å². The Hall–Kier alpha value is -3.52. The molecule has 0 radical (unpaired) electrons.